The van der Waals surface area contributed by atoms with E-state index in [1.807, 2.05) is 22.7 Å². The summed E-state index contributed by atoms with van der Waals surface area (Å²) in [5, 5.41) is 0. The molecule has 2 aromatic heterocycles. The average Bonchev–Trinajstić information content (AvgIpc) is 3.34. The molecule has 0 aliphatic rings. The minimum Gasteiger partial charge on any atom is -0.138 e. The standard InChI is InChI=1S/C28H30S2/c1-27(2,3)24-18-21(19-13-9-7-10-14-19)25(30-24)23-17-22(20-15-11-8-12-16-20)26(29-23)28(4,5)6/h7-18H,1-6H3. The molecule has 0 aliphatic carbocycles. The molecular formula is C28H30S2. The summed E-state index contributed by atoms with van der Waals surface area (Å²) < 4.78 is 0. The highest BCUT2D eigenvalue weighted by Gasteiger charge is 2.26. The van der Waals surface area contributed by atoms with Gasteiger partial charge in [-0.3, -0.25) is 0 Å². The molecule has 0 atom stereocenters. The lowest BCUT2D eigenvalue weighted by molar-refractivity contribution is 0.604. The predicted molar refractivity (Wildman–Crippen MR) is 136 cm³/mol. The van der Waals surface area contributed by atoms with Crippen LogP contribution < -0.4 is 0 Å². The van der Waals surface area contributed by atoms with Crippen LogP contribution in [0.4, 0.5) is 0 Å². The van der Waals surface area contributed by atoms with Crippen LogP contribution in [-0.4, -0.2) is 0 Å². The minimum atomic E-state index is 0.102. The van der Waals surface area contributed by atoms with Crippen LogP contribution in [0.25, 0.3) is 32.0 Å². The summed E-state index contributed by atoms with van der Waals surface area (Å²) in [6.45, 7) is 13.9. The van der Waals surface area contributed by atoms with E-state index in [-0.39, 0.29) is 10.8 Å². The second kappa shape index (κ2) is 7.83. The Morgan fingerprint density at radius 3 is 1.60 bits per heavy atom. The molecular weight excluding hydrogens is 400 g/mol. The van der Waals surface area contributed by atoms with Gasteiger partial charge in [-0.1, -0.05) is 102 Å². The van der Waals surface area contributed by atoms with Crippen molar-refractivity contribution in [1.82, 2.24) is 0 Å². The second-order valence-corrected chi connectivity index (χ2v) is 12.0. The normalized spacial score (nSPS) is 12.3. The quantitative estimate of drug-likeness (QED) is 0.303. The fraction of sp³-hybridized carbons (Fsp3) is 0.286. The van der Waals surface area contributed by atoms with E-state index in [0.29, 0.717) is 0 Å². The Labute approximate surface area is 189 Å². The highest BCUT2D eigenvalue weighted by molar-refractivity contribution is 7.23. The molecule has 0 unspecified atom stereocenters. The topological polar surface area (TPSA) is 0 Å². The van der Waals surface area contributed by atoms with E-state index in [2.05, 4.69) is 114 Å². The van der Waals surface area contributed by atoms with E-state index in [4.69, 9.17) is 0 Å². The van der Waals surface area contributed by atoms with Crippen molar-refractivity contribution in [2.24, 2.45) is 0 Å². The van der Waals surface area contributed by atoms with Crippen molar-refractivity contribution in [1.29, 1.82) is 0 Å². The molecule has 0 aliphatic heterocycles. The maximum absolute atomic E-state index is 2.42. The van der Waals surface area contributed by atoms with Gasteiger partial charge in [0.25, 0.3) is 0 Å². The lowest BCUT2D eigenvalue weighted by Crippen LogP contribution is -2.09. The van der Waals surface area contributed by atoms with E-state index >= 15 is 0 Å². The van der Waals surface area contributed by atoms with Crippen molar-refractivity contribution in [3.05, 3.63) is 82.6 Å². The van der Waals surface area contributed by atoms with E-state index in [1.165, 1.54) is 41.8 Å². The van der Waals surface area contributed by atoms with Crippen LogP contribution in [0, 0.1) is 0 Å². The van der Waals surface area contributed by atoms with Gasteiger partial charge in [0.2, 0.25) is 0 Å². The molecule has 0 bridgehead atoms. The average molecular weight is 431 g/mol. The molecule has 2 heteroatoms. The third-order valence-electron chi connectivity index (χ3n) is 5.28. The molecule has 0 saturated carbocycles. The molecule has 0 nitrogen and oxygen atoms in total. The second-order valence-electron chi connectivity index (χ2n) is 9.94. The largest absolute Gasteiger partial charge is 0.138 e. The third kappa shape index (κ3) is 4.17. The Morgan fingerprint density at radius 1 is 0.567 bits per heavy atom. The Balaban J connectivity index is 1.95. The first-order valence-electron chi connectivity index (χ1n) is 10.5. The van der Waals surface area contributed by atoms with E-state index in [9.17, 15) is 0 Å². The minimum absolute atomic E-state index is 0.102. The van der Waals surface area contributed by atoms with Gasteiger partial charge in [0, 0.05) is 20.2 Å². The van der Waals surface area contributed by atoms with Gasteiger partial charge in [0.15, 0.2) is 0 Å². The smallest absolute Gasteiger partial charge is 0.0524 e. The summed E-state index contributed by atoms with van der Waals surface area (Å²) in [6, 6.07) is 26.5. The van der Waals surface area contributed by atoms with Gasteiger partial charge >= 0.3 is 0 Å². The molecule has 0 radical (unpaired) electrons. The van der Waals surface area contributed by atoms with E-state index in [0.717, 1.165) is 0 Å². The zero-order valence-corrected chi connectivity index (χ0v) is 20.4. The summed E-state index contributed by atoms with van der Waals surface area (Å²) in [4.78, 5) is 5.65. The van der Waals surface area contributed by atoms with Gasteiger partial charge in [-0.2, -0.15) is 0 Å². The number of benzene rings is 2. The summed E-state index contributed by atoms with van der Waals surface area (Å²) in [6.07, 6.45) is 0. The first kappa shape index (κ1) is 21.1. The van der Waals surface area contributed by atoms with Crippen LogP contribution >= 0.6 is 22.7 Å². The van der Waals surface area contributed by atoms with Gasteiger partial charge in [0.05, 0.1) is 4.88 Å². The van der Waals surface area contributed by atoms with E-state index in [1.54, 1.807) is 0 Å². The molecule has 2 aromatic carbocycles. The number of hydrogen-bond donors (Lipinski definition) is 0. The zero-order chi connectivity index (χ0) is 21.5. The highest BCUT2D eigenvalue weighted by atomic mass is 32.1. The molecule has 0 fully saturated rings. The predicted octanol–water partition coefficient (Wildman–Crippen LogP) is 9.41. The fourth-order valence-electron chi connectivity index (χ4n) is 3.67. The summed E-state index contributed by atoms with van der Waals surface area (Å²) in [7, 11) is 0. The van der Waals surface area contributed by atoms with Crippen LogP contribution in [-0.2, 0) is 10.8 Å². The number of thiophene rings is 2. The maximum atomic E-state index is 2.42. The van der Waals surface area contributed by atoms with Gasteiger partial charge in [0.1, 0.15) is 0 Å². The van der Waals surface area contributed by atoms with E-state index < -0.39 is 0 Å². The molecule has 4 aromatic rings. The lowest BCUT2D eigenvalue weighted by atomic mass is 9.89. The van der Waals surface area contributed by atoms with Gasteiger partial charge in [-0.25, -0.2) is 0 Å². The van der Waals surface area contributed by atoms with Gasteiger partial charge < -0.3 is 0 Å². The summed E-state index contributed by atoms with van der Waals surface area (Å²) >= 11 is 3.91. The molecule has 4 rings (SSSR count). The van der Waals surface area contributed by atoms with Crippen LogP contribution in [0.2, 0.25) is 0 Å². The molecule has 0 saturated heterocycles. The van der Waals surface area contributed by atoms with Crippen molar-refractivity contribution in [3.8, 4) is 32.0 Å². The fourth-order valence-corrected chi connectivity index (χ4v) is 6.26. The van der Waals surface area contributed by atoms with Crippen LogP contribution in [0.1, 0.15) is 51.3 Å². The molecule has 0 spiro atoms. The lowest BCUT2D eigenvalue weighted by Gasteiger charge is -2.19. The Morgan fingerprint density at radius 2 is 1.10 bits per heavy atom. The Bertz CT molecular complexity index is 1130. The van der Waals surface area contributed by atoms with Crippen molar-refractivity contribution in [2.45, 2.75) is 52.4 Å². The van der Waals surface area contributed by atoms with Gasteiger partial charge in [-0.05, 0) is 39.7 Å². The number of hydrogen-bond acceptors (Lipinski definition) is 2. The van der Waals surface area contributed by atoms with Gasteiger partial charge in [-0.15, -0.1) is 22.7 Å². The van der Waals surface area contributed by atoms with Crippen molar-refractivity contribution in [2.75, 3.05) is 0 Å². The first-order chi connectivity index (χ1) is 14.1. The third-order valence-corrected chi connectivity index (χ3v) is 8.58. The Kier molecular flexibility index (Phi) is 5.50. The van der Waals surface area contributed by atoms with Crippen LogP contribution in [0.15, 0.2) is 72.8 Å². The molecule has 0 N–H and O–H groups in total. The molecule has 2 heterocycles. The van der Waals surface area contributed by atoms with Crippen molar-refractivity contribution >= 4 is 22.7 Å². The maximum Gasteiger partial charge on any atom is 0.0524 e. The molecule has 30 heavy (non-hydrogen) atoms. The van der Waals surface area contributed by atoms with Crippen molar-refractivity contribution in [3.63, 3.8) is 0 Å². The van der Waals surface area contributed by atoms with Crippen LogP contribution in [0.5, 0.6) is 0 Å². The van der Waals surface area contributed by atoms with Crippen molar-refractivity contribution < 1.29 is 0 Å². The molecule has 0 amide bonds. The molecule has 154 valence electrons. The Hall–Kier alpha value is -2.16. The highest BCUT2D eigenvalue weighted by Crippen LogP contribution is 2.49. The van der Waals surface area contributed by atoms with Crippen LogP contribution in [0.3, 0.4) is 0 Å². The summed E-state index contributed by atoms with van der Waals surface area (Å²) in [5.74, 6) is 0. The number of rotatable bonds is 3. The first-order valence-corrected chi connectivity index (χ1v) is 12.2. The SMILES string of the molecule is CC(C)(C)c1cc(-c2ccccc2)c(-c2cc(-c3ccccc3)c(C(C)(C)C)s2)s1. The zero-order valence-electron chi connectivity index (χ0n) is 18.7. The monoisotopic (exact) mass is 430 g/mol. The summed E-state index contributed by atoms with van der Waals surface area (Å²) in [5.41, 5.74) is 5.56.